The Hall–Kier alpha value is -1.87. The second kappa shape index (κ2) is 11.9. The number of nitrogens with zero attached hydrogens (tertiary/aromatic N) is 2. The summed E-state index contributed by atoms with van der Waals surface area (Å²) in [4.78, 5) is 18.4. The summed E-state index contributed by atoms with van der Waals surface area (Å²) in [5.41, 5.74) is 0.659. The number of hydrogen-bond acceptors (Lipinski definition) is 6. The molecule has 35 heavy (non-hydrogen) atoms. The van der Waals surface area contributed by atoms with Gasteiger partial charge in [0.1, 0.15) is 11.9 Å². The van der Waals surface area contributed by atoms with Crippen molar-refractivity contribution in [3.63, 3.8) is 0 Å². The summed E-state index contributed by atoms with van der Waals surface area (Å²) in [5, 5.41) is 12.6. The van der Waals surface area contributed by atoms with Gasteiger partial charge in [-0.2, -0.15) is 0 Å². The first-order valence-electron chi connectivity index (χ1n) is 11.8. The Morgan fingerprint density at radius 2 is 2.17 bits per heavy atom. The molecule has 3 heterocycles. The van der Waals surface area contributed by atoms with Gasteiger partial charge in [0.05, 0.1) is 28.3 Å². The van der Waals surface area contributed by atoms with Gasteiger partial charge >= 0.3 is 5.97 Å². The van der Waals surface area contributed by atoms with Crippen LogP contribution in [0.15, 0.2) is 46.1 Å². The molecule has 0 aliphatic carbocycles. The Morgan fingerprint density at radius 3 is 2.86 bits per heavy atom. The SMILES string of the molecule is COc1ccc2ncc(Cl)c(C(F)CCC3(CC(=O)O)CCN(CCSc4cccs4)CC3)c2c1. The van der Waals surface area contributed by atoms with Crippen LogP contribution in [0.4, 0.5) is 4.39 Å². The molecule has 1 fully saturated rings. The normalized spacial score (nSPS) is 16.9. The molecular formula is C26H30ClFN2O3S2. The summed E-state index contributed by atoms with van der Waals surface area (Å²) in [7, 11) is 1.56. The van der Waals surface area contributed by atoms with E-state index in [-0.39, 0.29) is 17.9 Å². The molecule has 3 aromatic rings. The number of aromatic nitrogens is 1. The molecule has 188 valence electrons. The maximum Gasteiger partial charge on any atom is 0.303 e. The van der Waals surface area contributed by atoms with Gasteiger partial charge < -0.3 is 14.7 Å². The van der Waals surface area contributed by atoms with E-state index in [4.69, 9.17) is 16.3 Å². The molecule has 1 aliphatic rings. The van der Waals surface area contributed by atoms with Gasteiger partial charge in [0.2, 0.25) is 0 Å². The third kappa shape index (κ3) is 6.67. The lowest BCUT2D eigenvalue weighted by atomic mass is 9.71. The second-order valence-electron chi connectivity index (χ2n) is 9.10. The highest BCUT2D eigenvalue weighted by Crippen LogP contribution is 2.44. The monoisotopic (exact) mass is 536 g/mol. The van der Waals surface area contributed by atoms with Crippen molar-refractivity contribution in [1.29, 1.82) is 0 Å². The van der Waals surface area contributed by atoms with E-state index in [1.54, 1.807) is 36.6 Å². The maximum absolute atomic E-state index is 15.7. The van der Waals surface area contributed by atoms with Crippen molar-refractivity contribution >= 4 is 51.6 Å². The van der Waals surface area contributed by atoms with Crippen molar-refractivity contribution < 1.29 is 19.0 Å². The number of rotatable bonds is 11. The highest BCUT2D eigenvalue weighted by Gasteiger charge is 2.37. The lowest BCUT2D eigenvalue weighted by molar-refractivity contribution is -0.141. The predicted molar refractivity (Wildman–Crippen MR) is 142 cm³/mol. The van der Waals surface area contributed by atoms with Crippen LogP contribution in [0.5, 0.6) is 5.75 Å². The van der Waals surface area contributed by atoms with E-state index >= 15 is 4.39 Å². The molecule has 0 saturated carbocycles. The van der Waals surface area contributed by atoms with Crippen molar-refractivity contribution in [2.45, 2.75) is 42.5 Å². The molecule has 0 bridgehead atoms. The molecule has 1 atom stereocenters. The van der Waals surface area contributed by atoms with E-state index < -0.39 is 17.6 Å². The number of thiophene rings is 1. The number of benzene rings is 1. The van der Waals surface area contributed by atoms with E-state index in [9.17, 15) is 9.90 Å². The van der Waals surface area contributed by atoms with Crippen LogP contribution in [0.25, 0.3) is 10.9 Å². The van der Waals surface area contributed by atoms with E-state index in [1.165, 1.54) is 10.4 Å². The van der Waals surface area contributed by atoms with Crippen LogP contribution in [0.3, 0.4) is 0 Å². The third-order valence-corrected chi connectivity index (χ3v) is 9.31. The van der Waals surface area contributed by atoms with Crippen LogP contribution >= 0.6 is 34.7 Å². The molecule has 1 aromatic carbocycles. The highest BCUT2D eigenvalue weighted by atomic mass is 35.5. The summed E-state index contributed by atoms with van der Waals surface area (Å²) in [5.74, 6) is 0.803. The molecule has 1 N–H and O–H groups in total. The number of fused-ring (bicyclic) bond motifs is 1. The number of pyridine rings is 1. The van der Waals surface area contributed by atoms with Crippen LogP contribution in [0.2, 0.25) is 5.02 Å². The number of carbonyl (C=O) groups is 1. The highest BCUT2D eigenvalue weighted by molar-refractivity contribution is 8.01. The van der Waals surface area contributed by atoms with Gasteiger partial charge in [0, 0.05) is 29.4 Å². The predicted octanol–water partition coefficient (Wildman–Crippen LogP) is 7.10. The van der Waals surface area contributed by atoms with Gasteiger partial charge in [0.15, 0.2) is 0 Å². The molecule has 1 aliphatic heterocycles. The third-order valence-electron chi connectivity index (χ3n) is 6.90. The molecule has 2 aromatic heterocycles. The Balaban J connectivity index is 1.40. The average Bonchev–Trinajstić information content (AvgIpc) is 3.36. The number of carboxylic acids is 1. The Labute approximate surface area is 218 Å². The van der Waals surface area contributed by atoms with E-state index in [0.717, 1.165) is 38.2 Å². The smallest absolute Gasteiger partial charge is 0.303 e. The topological polar surface area (TPSA) is 62.7 Å². The summed E-state index contributed by atoms with van der Waals surface area (Å²) in [6, 6.07) is 9.53. The zero-order chi connectivity index (χ0) is 24.8. The Bertz CT molecular complexity index is 1140. The Morgan fingerprint density at radius 1 is 1.37 bits per heavy atom. The molecule has 1 unspecified atom stereocenters. The fourth-order valence-electron chi connectivity index (χ4n) is 4.90. The number of methoxy groups -OCH3 is 1. The van der Waals surface area contributed by atoms with Gasteiger partial charge in [-0.25, -0.2) is 4.39 Å². The summed E-state index contributed by atoms with van der Waals surface area (Å²) in [6.45, 7) is 2.65. The number of aliphatic carboxylic acids is 1. The fraction of sp³-hybridized carbons (Fsp3) is 0.462. The van der Waals surface area contributed by atoms with Crippen molar-refractivity contribution in [1.82, 2.24) is 9.88 Å². The number of hydrogen-bond donors (Lipinski definition) is 1. The van der Waals surface area contributed by atoms with E-state index in [0.29, 0.717) is 28.6 Å². The minimum atomic E-state index is -1.31. The first-order chi connectivity index (χ1) is 16.9. The minimum absolute atomic E-state index is 0.0656. The lowest BCUT2D eigenvalue weighted by Gasteiger charge is -2.41. The molecular weight excluding hydrogens is 507 g/mol. The van der Waals surface area contributed by atoms with Gasteiger partial charge in [0.25, 0.3) is 0 Å². The lowest BCUT2D eigenvalue weighted by Crippen LogP contribution is -2.42. The summed E-state index contributed by atoms with van der Waals surface area (Å²) in [6.07, 6.45) is 2.47. The number of ether oxygens (including phenoxy) is 1. The Kier molecular flexibility index (Phi) is 8.92. The first-order valence-corrected chi connectivity index (χ1v) is 14.0. The number of carboxylic acid groups (broad SMARTS) is 1. The van der Waals surface area contributed by atoms with Gasteiger partial charge in [-0.15, -0.1) is 23.1 Å². The standard InChI is InChI=1S/C26H30ClFN2O3S2/c1-33-18-4-5-22-19(15-18)25(20(27)17-29-22)21(28)6-7-26(16-23(31)32)8-10-30(11-9-26)12-14-35-24-3-2-13-34-24/h2-5,13,15,17,21H,6-12,14,16H2,1H3,(H,31,32). The van der Waals surface area contributed by atoms with Crippen molar-refractivity contribution in [3.05, 3.63) is 52.5 Å². The van der Waals surface area contributed by atoms with Crippen molar-refractivity contribution in [2.24, 2.45) is 5.41 Å². The number of likely N-dealkylation sites (tertiary alicyclic amines) is 1. The largest absolute Gasteiger partial charge is 0.497 e. The van der Waals surface area contributed by atoms with Gasteiger partial charge in [-0.1, -0.05) is 17.7 Å². The first kappa shape index (κ1) is 26.2. The van der Waals surface area contributed by atoms with Crippen LogP contribution in [-0.2, 0) is 4.79 Å². The van der Waals surface area contributed by atoms with E-state index in [2.05, 4.69) is 27.4 Å². The quantitative estimate of drug-likeness (QED) is 0.264. The zero-order valence-electron chi connectivity index (χ0n) is 19.7. The van der Waals surface area contributed by atoms with Crippen LogP contribution in [0.1, 0.15) is 43.8 Å². The molecule has 0 spiro atoms. The average molecular weight is 537 g/mol. The van der Waals surface area contributed by atoms with Crippen LogP contribution in [-0.4, -0.2) is 53.5 Å². The van der Waals surface area contributed by atoms with Gasteiger partial charge in [-0.3, -0.25) is 9.78 Å². The number of piperidine rings is 1. The van der Waals surface area contributed by atoms with Crippen LogP contribution < -0.4 is 4.74 Å². The molecule has 9 heteroatoms. The molecule has 0 radical (unpaired) electrons. The summed E-state index contributed by atoms with van der Waals surface area (Å²) < 4.78 is 22.3. The van der Waals surface area contributed by atoms with Crippen molar-refractivity contribution in [3.8, 4) is 5.75 Å². The summed E-state index contributed by atoms with van der Waals surface area (Å²) >= 11 is 10.00. The van der Waals surface area contributed by atoms with Crippen LogP contribution in [0, 0.1) is 5.41 Å². The molecule has 1 saturated heterocycles. The number of alkyl halides is 1. The molecule has 5 nitrogen and oxygen atoms in total. The number of halogens is 2. The van der Waals surface area contributed by atoms with E-state index in [1.807, 2.05) is 11.8 Å². The maximum atomic E-state index is 15.7. The molecule has 4 rings (SSSR count). The second-order valence-corrected chi connectivity index (χ2v) is 11.9. The molecule has 0 amide bonds. The number of thioether (sulfide) groups is 1. The zero-order valence-corrected chi connectivity index (χ0v) is 22.1. The fourth-order valence-corrected chi connectivity index (χ4v) is 7.03. The minimum Gasteiger partial charge on any atom is -0.497 e. The van der Waals surface area contributed by atoms with Gasteiger partial charge in [-0.05, 0) is 73.8 Å². The van der Waals surface area contributed by atoms with Crippen molar-refractivity contribution in [2.75, 3.05) is 32.5 Å².